The molecule has 15 heavy (non-hydrogen) atoms. The Bertz CT molecular complexity index is 241. The Labute approximate surface area is 94.5 Å². The van der Waals surface area contributed by atoms with Gasteiger partial charge < -0.3 is 4.90 Å². The van der Waals surface area contributed by atoms with Gasteiger partial charge in [-0.2, -0.15) is 0 Å². The van der Waals surface area contributed by atoms with Crippen molar-refractivity contribution >= 4 is 0 Å². The molecular weight excluding hydrogens is 182 g/mol. The van der Waals surface area contributed by atoms with Gasteiger partial charge in [0.1, 0.15) is 0 Å². The third-order valence-electron chi connectivity index (χ3n) is 3.11. The lowest BCUT2D eigenvalue weighted by molar-refractivity contribution is 0.184. The molecule has 0 unspecified atom stereocenters. The first-order valence-corrected chi connectivity index (χ1v) is 6.21. The van der Waals surface area contributed by atoms with E-state index in [1.165, 1.54) is 37.9 Å². The van der Waals surface area contributed by atoms with Gasteiger partial charge in [-0.25, -0.2) is 0 Å². The van der Waals surface area contributed by atoms with Crippen LogP contribution >= 0.6 is 0 Å². The summed E-state index contributed by atoms with van der Waals surface area (Å²) in [6, 6.07) is 0.738. The lowest BCUT2D eigenvalue weighted by Gasteiger charge is -2.32. The van der Waals surface area contributed by atoms with Crippen molar-refractivity contribution in [1.82, 2.24) is 4.90 Å². The molecule has 0 radical (unpaired) electrons. The zero-order valence-electron chi connectivity index (χ0n) is 10.1. The van der Waals surface area contributed by atoms with E-state index >= 15 is 0 Å². The summed E-state index contributed by atoms with van der Waals surface area (Å²) in [5.41, 5.74) is 1.21. The Hall–Kier alpha value is -0.740. The Balaban J connectivity index is 2.49. The lowest BCUT2D eigenvalue weighted by atomic mass is 9.94. The van der Waals surface area contributed by atoms with Crippen LogP contribution in [-0.4, -0.2) is 24.0 Å². The summed E-state index contributed by atoms with van der Waals surface area (Å²) in [6.07, 6.45) is 13.7. The van der Waals surface area contributed by atoms with Crippen molar-refractivity contribution in [3.8, 4) is 12.3 Å². The smallest absolute Gasteiger partial charge is 0.0134 e. The summed E-state index contributed by atoms with van der Waals surface area (Å²) in [6.45, 7) is 6.98. The van der Waals surface area contributed by atoms with Crippen LogP contribution in [0.15, 0.2) is 11.6 Å². The minimum Gasteiger partial charge on any atom is -0.300 e. The van der Waals surface area contributed by atoms with Gasteiger partial charge in [-0.1, -0.05) is 25.8 Å². The summed E-state index contributed by atoms with van der Waals surface area (Å²) in [5.74, 6) is 2.77. The van der Waals surface area contributed by atoms with Crippen LogP contribution < -0.4 is 0 Å². The molecule has 0 amide bonds. The number of hydrogen-bond donors (Lipinski definition) is 0. The van der Waals surface area contributed by atoms with Crippen LogP contribution in [0.2, 0.25) is 0 Å². The average Bonchev–Trinajstić information content (AvgIpc) is 2.29. The third-order valence-corrected chi connectivity index (χ3v) is 3.11. The van der Waals surface area contributed by atoms with Crippen molar-refractivity contribution in [3.63, 3.8) is 0 Å². The van der Waals surface area contributed by atoms with Gasteiger partial charge in [0.2, 0.25) is 0 Å². The second-order valence-corrected chi connectivity index (χ2v) is 4.34. The molecule has 1 aliphatic carbocycles. The molecule has 0 aromatic heterocycles. The minimum atomic E-state index is 0.738. The van der Waals surface area contributed by atoms with Crippen molar-refractivity contribution in [2.75, 3.05) is 13.1 Å². The largest absolute Gasteiger partial charge is 0.300 e. The third kappa shape index (κ3) is 3.72. The summed E-state index contributed by atoms with van der Waals surface area (Å²) in [4.78, 5) is 2.63. The number of hydrogen-bond acceptors (Lipinski definition) is 1. The average molecular weight is 205 g/mol. The molecule has 0 saturated heterocycles. The molecule has 0 aromatic carbocycles. The molecular formula is C14H23N. The first kappa shape index (κ1) is 12.3. The molecule has 0 aromatic rings. The van der Waals surface area contributed by atoms with Crippen molar-refractivity contribution in [2.45, 2.75) is 52.0 Å². The van der Waals surface area contributed by atoms with Crippen LogP contribution in [0.4, 0.5) is 0 Å². The van der Waals surface area contributed by atoms with Crippen LogP contribution in [-0.2, 0) is 0 Å². The second-order valence-electron chi connectivity index (χ2n) is 4.34. The summed E-state index contributed by atoms with van der Waals surface area (Å²) in [5, 5.41) is 0. The van der Waals surface area contributed by atoms with Crippen molar-refractivity contribution < 1.29 is 0 Å². The van der Waals surface area contributed by atoms with Crippen molar-refractivity contribution in [3.05, 3.63) is 11.6 Å². The molecule has 0 fully saturated rings. The fourth-order valence-electron chi connectivity index (χ4n) is 2.33. The minimum absolute atomic E-state index is 0.738. The SMILES string of the molecule is C#CC1=CC[C@H](N(CCC)CCC)CC1. The van der Waals surface area contributed by atoms with Crippen LogP contribution in [0.5, 0.6) is 0 Å². The first-order chi connectivity index (χ1) is 7.31. The maximum Gasteiger partial charge on any atom is 0.0134 e. The standard InChI is InChI=1S/C14H23N/c1-4-11-15(12-5-2)14-9-7-13(6-3)8-10-14/h3,7,14H,4-5,8-12H2,1-2H3/t14-/m0/s1. The van der Waals surface area contributed by atoms with E-state index in [4.69, 9.17) is 6.42 Å². The molecule has 0 bridgehead atoms. The highest BCUT2D eigenvalue weighted by molar-refractivity contribution is 5.27. The second kappa shape index (κ2) is 6.69. The summed E-state index contributed by atoms with van der Waals surface area (Å²) < 4.78 is 0. The topological polar surface area (TPSA) is 3.24 Å². The Morgan fingerprint density at radius 3 is 2.47 bits per heavy atom. The number of nitrogens with zero attached hydrogens (tertiary/aromatic N) is 1. The molecule has 1 atom stereocenters. The molecule has 0 N–H and O–H groups in total. The van der Waals surface area contributed by atoms with E-state index < -0.39 is 0 Å². The number of allylic oxidation sites excluding steroid dienone is 1. The van der Waals surface area contributed by atoms with E-state index in [0.717, 1.165) is 18.9 Å². The number of terminal acetylenes is 1. The van der Waals surface area contributed by atoms with E-state index in [0.29, 0.717) is 0 Å². The molecule has 0 aliphatic heterocycles. The van der Waals surface area contributed by atoms with Crippen molar-refractivity contribution in [2.24, 2.45) is 0 Å². The summed E-state index contributed by atoms with van der Waals surface area (Å²) >= 11 is 0. The van der Waals surface area contributed by atoms with E-state index in [-0.39, 0.29) is 0 Å². The van der Waals surface area contributed by atoms with Gasteiger partial charge in [0.15, 0.2) is 0 Å². The maximum atomic E-state index is 5.41. The highest BCUT2D eigenvalue weighted by Gasteiger charge is 2.19. The molecule has 0 spiro atoms. The quantitative estimate of drug-likeness (QED) is 0.623. The monoisotopic (exact) mass is 205 g/mol. The van der Waals surface area contributed by atoms with E-state index in [9.17, 15) is 0 Å². The van der Waals surface area contributed by atoms with Crippen LogP contribution in [0.25, 0.3) is 0 Å². The normalized spacial score (nSPS) is 21.2. The first-order valence-electron chi connectivity index (χ1n) is 6.21. The fraction of sp³-hybridized carbons (Fsp3) is 0.714. The molecule has 0 saturated carbocycles. The van der Waals surface area contributed by atoms with Gasteiger partial charge in [-0.15, -0.1) is 6.42 Å². The Morgan fingerprint density at radius 1 is 1.40 bits per heavy atom. The number of rotatable bonds is 5. The molecule has 1 nitrogen and oxygen atoms in total. The van der Waals surface area contributed by atoms with Gasteiger partial charge in [0.05, 0.1) is 0 Å². The fourth-order valence-corrected chi connectivity index (χ4v) is 2.33. The molecule has 1 rings (SSSR count). The zero-order valence-corrected chi connectivity index (χ0v) is 10.1. The van der Waals surface area contributed by atoms with E-state index in [1.54, 1.807) is 0 Å². The molecule has 0 heterocycles. The summed E-state index contributed by atoms with van der Waals surface area (Å²) in [7, 11) is 0. The van der Waals surface area contributed by atoms with Gasteiger partial charge in [0.25, 0.3) is 0 Å². The lowest BCUT2D eigenvalue weighted by Crippen LogP contribution is -2.37. The zero-order chi connectivity index (χ0) is 11.1. The molecule has 1 aliphatic rings. The highest BCUT2D eigenvalue weighted by Crippen LogP contribution is 2.22. The van der Waals surface area contributed by atoms with Gasteiger partial charge in [-0.05, 0) is 50.8 Å². The predicted octanol–water partition coefficient (Wildman–Crippen LogP) is 3.22. The van der Waals surface area contributed by atoms with Gasteiger partial charge in [-0.3, -0.25) is 0 Å². The Kier molecular flexibility index (Phi) is 5.50. The van der Waals surface area contributed by atoms with Crippen LogP contribution in [0.3, 0.4) is 0 Å². The highest BCUT2D eigenvalue weighted by atomic mass is 15.1. The molecule has 84 valence electrons. The van der Waals surface area contributed by atoms with Gasteiger partial charge >= 0.3 is 0 Å². The van der Waals surface area contributed by atoms with Crippen molar-refractivity contribution in [1.29, 1.82) is 0 Å². The van der Waals surface area contributed by atoms with E-state index in [2.05, 4.69) is 30.7 Å². The molecule has 1 heteroatoms. The van der Waals surface area contributed by atoms with E-state index in [1.807, 2.05) is 0 Å². The van der Waals surface area contributed by atoms with Gasteiger partial charge in [0, 0.05) is 6.04 Å². The Morgan fingerprint density at radius 2 is 2.07 bits per heavy atom. The van der Waals surface area contributed by atoms with Crippen LogP contribution in [0, 0.1) is 12.3 Å². The maximum absolute atomic E-state index is 5.41. The van der Waals surface area contributed by atoms with Crippen LogP contribution in [0.1, 0.15) is 46.0 Å². The predicted molar refractivity (Wildman–Crippen MR) is 66.7 cm³/mol.